The maximum Gasteiger partial charge on any atom is 0.274 e. The van der Waals surface area contributed by atoms with Crippen molar-refractivity contribution in [2.45, 2.75) is 0 Å². The number of amides is 1. The minimum atomic E-state index is -0.597. The summed E-state index contributed by atoms with van der Waals surface area (Å²) in [5, 5.41) is 3.71. The van der Waals surface area contributed by atoms with E-state index in [0.29, 0.717) is 5.69 Å². The van der Waals surface area contributed by atoms with Crippen molar-refractivity contribution in [3.63, 3.8) is 0 Å². The van der Waals surface area contributed by atoms with Crippen molar-refractivity contribution in [2.75, 3.05) is 0 Å². The Labute approximate surface area is 103 Å². The molecule has 0 saturated carbocycles. The number of nitrogens with one attached hydrogen (secondary N) is 1. The molecule has 90 valence electrons. The monoisotopic (exact) mass is 243 g/mol. The lowest BCUT2D eigenvalue weighted by molar-refractivity contribution is 0.0951. The molecule has 0 aliphatic rings. The van der Waals surface area contributed by atoms with Gasteiger partial charge in [0, 0.05) is 6.20 Å². The summed E-state index contributed by atoms with van der Waals surface area (Å²) in [7, 11) is 0. The maximum atomic E-state index is 13.3. The molecule has 4 nitrogen and oxygen atoms in total. The third kappa shape index (κ3) is 2.98. The van der Waals surface area contributed by atoms with E-state index in [9.17, 15) is 9.18 Å². The molecule has 0 saturated heterocycles. The first-order valence-corrected chi connectivity index (χ1v) is 5.26. The Morgan fingerprint density at radius 3 is 2.72 bits per heavy atom. The standard InChI is InChI=1S/C13H10FN3O/c14-12-7-2-1-6-11(12)13(18)17-16-9-10-5-3-4-8-15-10/h1-9H,(H,17,18)/b16-9-. The Hall–Kier alpha value is -2.56. The van der Waals surface area contributed by atoms with Crippen LogP contribution in [0.4, 0.5) is 4.39 Å². The number of pyridine rings is 1. The average molecular weight is 243 g/mol. The van der Waals surface area contributed by atoms with Crippen LogP contribution in [0, 0.1) is 5.82 Å². The molecule has 0 spiro atoms. The normalized spacial score (nSPS) is 10.5. The van der Waals surface area contributed by atoms with Crippen molar-refractivity contribution >= 4 is 12.1 Å². The summed E-state index contributed by atoms with van der Waals surface area (Å²) in [6, 6.07) is 11.0. The number of hydrogen-bond donors (Lipinski definition) is 1. The molecular formula is C13H10FN3O. The summed E-state index contributed by atoms with van der Waals surface area (Å²) in [6.07, 6.45) is 3.00. The zero-order chi connectivity index (χ0) is 12.8. The Morgan fingerprint density at radius 2 is 2.00 bits per heavy atom. The molecule has 0 aliphatic carbocycles. The fourth-order valence-electron chi connectivity index (χ4n) is 1.31. The minimum absolute atomic E-state index is 0.0457. The molecule has 1 N–H and O–H groups in total. The first-order chi connectivity index (χ1) is 8.77. The van der Waals surface area contributed by atoms with Gasteiger partial charge in [-0.2, -0.15) is 5.10 Å². The molecule has 1 heterocycles. The van der Waals surface area contributed by atoms with Crippen molar-refractivity contribution in [2.24, 2.45) is 5.10 Å². The summed E-state index contributed by atoms with van der Waals surface area (Å²) in [4.78, 5) is 15.6. The SMILES string of the molecule is O=C(N/N=C\c1ccccn1)c1ccccc1F. The molecule has 0 bridgehead atoms. The number of carbonyl (C=O) groups is 1. The van der Waals surface area contributed by atoms with E-state index in [1.807, 2.05) is 0 Å². The summed E-state index contributed by atoms with van der Waals surface area (Å²) < 4.78 is 13.3. The summed E-state index contributed by atoms with van der Waals surface area (Å²) in [5.74, 6) is -1.18. The van der Waals surface area contributed by atoms with Gasteiger partial charge >= 0.3 is 0 Å². The lowest BCUT2D eigenvalue weighted by Gasteiger charge is -2.00. The van der Waals surface area contributed by atoms with E-state index in [1.165, 1.54) is 24.4 Å². The maximum absolute atomic E-state index is 13.3. The molecule has 5 heteroatoms. The van der Waals surface area contributed by atoms with Crippen LogP contribution in [-0.2, 0) is 0 Å². The number of halogens is 1. The average Bonchev–Trinajstić information content (AvgIpc) is 2.40. The van der Waals surface area contributed by atoms with E-state index in [4.69, 9.17) is 0 Å². The first kappa shape index (κ1) is 11.9. The molecule has 0 radical (unpaired) electrons. The molecule has 0 atom stereocenters. The Morgan fingerprint density at radius 1 is 1.22 bits per heavy atom. The molecule has 1 amide bonds. The molecule has 18 heavy (non-hydrogen) atoms. The molecule has 1 aromatic carbocycles. The van der Waals surface area contributed by atoms with Gasteiger partial charge in [-0.15, -0.1) is 0 Å². The van der Waals surface area contributed by atoms with E-state index >= 15 is 0 Å². The van der Waals surface area contributed by atoms with Gasteiger partial charge in [-0.3, -0.25) is 9.78 Å². The quantitative estimate of drug-likeness (QED) is 0.662. The second kappa shape index (κ2) is 5.67. The largest absolute Gasteiger partial charge is 0.274 e. The molecule has 0 fully saturated rings. The van der Waals surface area contributed by atoms with Gasteiger partial charge in [0.15, 0.2) is 0 Å². The van der Waals surface area contributed by atoms with Crippen LogP contribution in [0.15, 0.2) is 53.8 Å². The third-order valence-electron chi connectivity index (χ3n) is 2.17. The number of benzene rings is 1. The summed E-state index contributed by atoms with van der Waals surface area (Å²) in [6.45, 7) is 0. The van der Waals surface area contributed by atoms with Gasteiger partial charge in [0.1, 0.15) is 5.82 Å². The fraction of sp³-hybridized carbons (Fsp3) is 0. The van der Waals surface area contributed by atoms with Crippen LogP contribution in [-0.4, -0.2) is 17.1 Å². The van der Waals surface area contributed by atoms with Crippen LogP contribution in [0.3, 0.4) is 0 Å². The van der Waals surface area contributed by atoms with Crippen LogP contribution in [0.5, 0.6) is 0 Å². The Bertz CT molecular complexity index is 569. The van der Waals surface area contributed by atoms with Crippen molar-refractivity contribution < 1.29 is 9.18 Å². The molecule has 2 rings (SSSR count). The molecule has 1 aromatic heterocycles. The lowest BCUT2D eigenvalue weighted by Crippen LogP contribution is -2.19. The summed E-state index contributed by atoms with van der Waals surface area (Å²) >= 11 is 0. The Kier molecular flexibility index (Phi) is 3.76. The fourth-order valence-corrected chi connectivity index (χ4v) is 1.31. The van der Waals surface area contributed by atoms with Crippen LogP contribution in [0.1, 0.15) is 16.1 Å². The summed E-state index contributed by atoms with van der Waals surface area (Å²) in [5.41, 5.74) is 2.80. The highest BCUT2D eigenvalue weighted by Gasteiger charge is 2.08. The van der Waals surface area contributed by atoms with Gasteiger partial charge < -0.3 is 0 Å². The van der Waals surface area contributed by atoms with Crippen molar-refractivity contribution in [1.29, 1.82) is 0 Å². The van der Waals surface area contributed by atoms with E-state index in [-0.39, 0.29) is 5.56 Å². The van der Waals surface area contributed by atoms with Crippen molar-refractivity contribution in [1.82, 2.24) is 10.4 Å². The van der Waals surface area contributed by atoms with Crippen LogP contribution >= 0.6 is 0 Å². The van der Waals surface area contributed by atoms with Gasteiger partial charge in [-0.25, -0.2) is 9.82 Å². The molecule has 2 aromatic rings. The predicted molar refractivity (Wildman–Crippen MR) is 65.7 cm³/mol. The zero-order valence-electron chi connectivity index (χ0n) is 9.38. The van der Waals surface area contributed by atoms with Gasteiger partial charge in [0.05, 0.1) is 17.5 Å². The Balaban J connectivity index is 2.01. The highest BCUT2D eigenvalue weighted by Crippen LogP contribution is 2.05. The highest BCUT2D eigenvalue weighted by atomic mass is 19.1. The number of carbonyl (C=O) groups excluding carboxylic acids is 1. The second-order valence-electron chi connectivity index (χ2n) is 3.43. The van der Waals surface area contributed by atoms with Crippen LogP contribution in [0.2, 0.25) is 0 Å². The van der Waals surface area contributed by atoms with Crippen LogP contribution in [0.25, 0.3) is 0 Å². The van der Waals surface area contributed by atoms with Crippen molar-refractivity contribution in [3.05, 3.63) is 65.7 Å². The van der Waals surface area contributed by atoms with Gasteiger partial charge in [0.2, 0.25) is 0 Å². The zero-order valence-corrected chi connectivity index (χ0v) is 9.38. The van der Waals surface area contributed by atoms with Crippen LogP contribution < -0.4 is 5.43 Å². The molecule has 0 unspecified atom stereocenters. The number of hydrogen-bond acceptors (Lipinski definition) is 3. The van der Waals surface area contributed by atoms with Crippen molar-refractivity contribution in [3.8, 4) is 0 Å². The van der Waals surface area contributed by atoms with Gasteiger partial charge in [-0.1, -0.05) is 18.2 Å². The predicted octanol–water partition coefficient (Wildman–Crippen LogP) is 1.98. The molecule has 0 aliphatic heterocycles. The highest BCUT2D eigenvalue weighted by molar-refractivity contribution is 5.94. The number of aromatic nitrogens is 1. The number of rotatable bonds is 3. The minimum Gasteiger partial charge on any atom is -0.267 e. The van der Waals surface area contributed by atoms with E-state index < -0.39 is 11.7 Å². The molecular weight excluding hydrogens is 233 g/mol. The van der Waals surface area contributed by atoms with Gasteiger partial charge in [0.25, 0.3) is 5.91 Å². The first-order valence-electron chi connectivity index (χ1n) is 5.26. The lowest BCUT2D eigenvalue weighted by atomic mass is 10.2. The number of hydrazone groups is 1. The second-order valence-corrected chi connectivity index (χ2v) is 3.43. The van der Waals surface area contributed by atoms with E-state index in [0.717, 1.165) is 0 Å². The third-order valence-corrected chi connectivity index (χ3v) is 2.17. The topological polar surface area (TPSA) is 54.4 Å². The van der Waals surface area contributed by atoms with E-state index in [1.54, 1.807) is 30.5 Å². The van der Waals surface area contributed by atoms with Gasteiger partial charge in [-0.05, 0) is 24.3 Å². The van der Waals surface area contributed by atoms with E-state index in [2.05, 4.69) is 15.5 Å². The smallest absolute Gasteiger partial charge is 0.267 e. The number of nitrogens with zero attached hydrogens (tertiary/aromatic N) is 2.